The van der Waals surface area contributed by atoms with E-state index in [1.165, 1.54) is 20.3 Å². The second-order valence-corrected chi connectivity index (χ2v) is 3.80. The molecule has 1 aromatic carbocycles. The lowest BCUT2D eigenvalue weighted by Gasteiger charge is -2.07. The van der Waals surface area contributed by atoms with Crippen molar-refractivity contribution in [2.24, 2.45) is 0 Å². The predicted molar refractivity (Wildman–Crippen MR) is 71.8 cm³/mol. The summed E-state index contributed by atoms with van der Waals surface area (Å²) in [5.41, 5.74) is 1.21. The van der Waals surface area contributed by atoms with Crippen LogP contribution in [0.2, 0.25) is 0 Å². The minimum Gasteiger partial charge on any atom is -0.494 e. The third-order valence-electron chi connectivity index (χ3n) is 2.63. The Kier molecular flexibility index (Phi) is 5.85. The van der Waals surface area contributed by atoms with Crippen LogP contribution < -0.4 is 10.1 Å². The van der Waals surface area contributed by atoms with E-state index in [1.54, 1.807) is 18.2 Å². The van der Waals surface area contributed by atoms with Crippen LogP contribution in [-0.4, -0.2) is 26.7 Å². The predicted octanol–water partition coefficient (Wildman–Crippen LogP) is 2.76. The van der Waals surface area contributed by atoms with Gasteiger partial charge < -0.3 is 14.8 Å². The number of ether oxygens (including phenoxy) is 2. The van der Waals surface area contributed by atoms with Gasteiger partial charge in [0.05, 0.1) is 14.2 Å². The maximum Gasteiger partial charge on any atom is 0.333 e. The van der Waals surface area contributed by atoms with E-state index in [1.807, 2.05) is 6.92 Å². The number of esters is 1. The maximum absolute atomic E-state index is 13.4. The molecule has 0 radical (unpaired) electrons. The van der Waals surface area contributed by atoms with Crippen LogP contribution in [-0.2, 0) is 9.53 Å². The number of halogens is 1. The van der Waals surface area contributed by atoms with Crippen molar-refractivity contribution in [1.82, 2.24) is 0 Å². The average Bonchev–Trinajstić information content (AvgIpc) is 2.43. The van der Waals surface area contributed by atoms with E-state index in [9.17, 15) is 9.18 Å². The number of carbonyl (C=O) groups is 1. The van der Waals surface area contributed by atoms with Gasteiger partial charge in [-0.3, -0.25) is 0 Å². The number of benzene rings is 1. The first-order valence-corrected chi connectivity index (χ1v) is 5.97. The Labute approximate surface area is 112 Å². The number of hydrogen-bond acceptors (Lipinski definition) is 4. The normalized spacial score (nSPS) is 11.1. The highest BCUT2D eigenvalue weighted by Crippen LogP contribution is 2.20. The Morgan fingerprint density at radius 2 is 2.16 bits per heavy atom. The molecule has 1 aromatic rings. The van der Waals surface area contributed by atoms with Crippen LogP contribution in [0.4, 0.5) is 10.1 Å². The molecule has 104 valence electrons. The quantitative estimate of drug-likeness (QED) is 0.636. The van der Waals surface area contributed by atoms with Gasteiger partial charge in [-0.1, -0.05) is 13.0 Å². The van der Waals surface area contributed by atoms with Gasteiger partial charge in [-0.2, -0.15) is 0 Å². The van der Waals surface area contributed by atoms with Crippen molar-refractivity contribution in [3.05, 3.63) is 35.7 Å². The van der Waals surface area contributed by atoms with E-state index in [0.717, 1.165) is 0 Å². The summed E-state index contributed by atoms with van der Waals surface area (Å²) in [5.74, 6) is -0.574. The summed E-state index contributed by atoms with van der Waals surface area (Å²) in [6.45, 7) is 2.29. The van der Waals surface area contributed by atoms with Gasteiger partial charge in [0.1, 0.15) is 0 Å². The van der Waals surface area contributed by atoms with Gasteiger partial charge >= 0.3 is 5.97 Å². The Balaban J connectivity index is 2.64. The molecular weight excluding hydrogens is 249 g/mol. The van der Waals surface area contributed by atoms with Gasteiger partial charge in [0.2, 0.25) is 0 Å². The molecule has 0 aliphatic rings. The van der Waals surface area contributed by atoms with E-state index >= 15 is 0 Å². The molecule has 1 rings (SSSR count). The molecule has 19 heavy (non-hydrogen) atoms. The highest BCUT2D eigenvalue weighted by atomic mass is 19.1. The number of methoxy groups -OCH3 is 2. The molecule has 0 spiro atoms. The molecule has 0 saturated carbocycles. The largest absolute Gasteiger partial charge is 0.494 e. The fourth-order valence-electron chi connectivity index (χ4n) is 1.57. The Bertz CT molecular complexity index is 472. The fourth-order valence-corrected chi connectivity index (χ4v) is 1.57. The van der Waals surface area contributed by atoms with Gasteiger partial charge in [0.15, 0.2) is 11.6 Å². The smallest absolute Gasteiger partial charge is 0.333 e. The summed E-state index contributed by atoms with van der Waals surface area (Å²) in [4.78, 5) is 11.3. The molecule has 0 unspecified atom stereocenters. The fraction of sp³-hybridized carbons (Fsp3) is 0.357. The van der Waals surface area contributed by atoms with Crippen molar-refractivity contribution in [2.45, 2.75) is 13.3 Å². The minimum absolute atomic E-state index is 0.199. The first kappa shape index (κ1) is 15.0. The molecule has 1 N–H and O–H groups in total. The lowest BCUT2D eigenvalue weighted by molar-refractivity contribution is -0.136. The standard InChI is InChI=1S/C14H18FNO3/c1-4-10(14(17)19-3)7-8-16-11-5-6-13(18-2)12(15)9-11/h5-7,9,16H,4,8H2,1-3H3/b10-7-. The van der Waals surface area contributed by atoms with Crippen LogP contribution in [0.5, 0.6) is 5.75 Å². The molecular formula is C14H18FNO3. The van der Waals surface area contributed by atoms with Crippen molar-refractivity contribution in [2.75, 3.05) is 26.1 Å². The summed E-state index contributed by atoms with van der Waals surface area (Å²) >= 11 is 0. The summed E-state index contributed by atoms with van der Waals surface area (Å²) in [5, 5.41) is 3.00. The molecule has 0 heterocycles. The van der Waals surface area contributed by atoms with Gasteiger partial charge in [0.25, 0.3) is 0 Å². The van der Waals surface area contributed by atoms with Crippen molar-refractivity contribution < 1.29 is 18.7 Å². The molecule has 0 bridgehead atoms. The number of rotatable bonds is 6. The van der Waals surface area contributed by atoms with Crippen LogP contribution in [0.15, 0.2) is 29.8 Å². The molecule has 4 nitrogen and oxygen atoms in total. The second-order valence-electron chi connectivity index (χ2n) is 3.80. The number of anilines is 1. The molecule has 0 fully saturated rings. The van der Waals surface area contributed by atoms with Gasteiger partial charge in [-0.05, 0) is 18.6 Å². The van der Waals surface area contributed by atoms with E-state index in [4.69, 9.17) is 4.74 Å². The molecule has 0 amide bonds. The Morgan fingerprint density at radius 3 is 2.68 bits per heavy atom. The van der Waals surface area contributed by atoms with E-state index in [2.05, 4.69) is 10.1 Å². The summed E-state index contributed by atoms with van der Waals surface area (Å²) in [6, 6.07) is 4.60. The van der Waals surface area contributed by atoms with Crippen LogP contribution in [0.1, 0.15) is 13.3 Å². The monoisotopic (exact) mass is 267 g/mol. The van der Waals surface area contributed by atoms with Gasteiger partial charge in [-0.25, -0.2) is 9.18 Å². The van der Waals surface area contributed by atoms with Crippen LogP contribution >= 0.6 is 0 Å². The molecule has 0 aliphatic heterocycles. The van der Waals surface area contributed by atoms with Crippen molar-refractivity contribution in [3.63, 3.8) is 0 Å². The lowest BCUT2D eigenvalue weighted by Crippen LogP contribution is -2.07. The van der Waals surface area contributed by atoms with E-state index in [0.29, 0.717) is 24.2 Å². The van der Waals surface area contributed by atoms with Crippen LogP contribution in [0.3, 0.4) is 0 Å². The highest BCUT2D eigenvalue weighted by Gasteiger charge is 2.06. The minimum atomic E-state index is -0.430. The first-order valence-electron chi connectivity index (χ1n) is 5.97. The van der Waals surface area contributed by atoms with Crippen molar-refractivity contribution in [1.29, 1.82) is 0 Å². The molecule has 0 atom stereocenters. The summed E-state index contributed by atoms with van der Waals surface area (Å²) in [7, 11) is 2.76. The summed E-state index contributed by atoms with van der Waals surface area (Å²) in [6.07, 6.45) is 2.32. The Morgan fingerprint density at radius 1 is 1.42 bits per heavy atom. The first-order chi connectivity index (χ1) is 9.12. The topological polar surface area (TPSA) is 47.6 Å². The molecule has 0 aliphatic carbocycles. The number of carbonyl (C=O) groups excluding carboxylic acids is 1. The highest BCUT2D eigenvalue weighted by molar-refractivity contribution is 5.88. The number of hydrogen-bond donors (Lipinski definition) is 1. The molecule has 5 heteroatoms. The Hall–Kier alpha value is -2.04. The zero-order chi connectivity index (χ0) is 14.3. The van der Waals surface area contributed by atoms with E-state index < -0.39 is 5.82 Å². The van der Waals surface area contributed by atoms with E-state index in [-0.39, 0.29) is 11.7 Å². The average molecular weight is 267 g/mol. The summed E-state index contributed by atoms with van der Waals surface area (Å²) < 4.78 is 22.9. The SMILES string of the molecule is CC/C(=C/CNc1ccc(OC)c(F)c1)C(=O)OC. The molecule has 0 aromatic heterocycles. The van der Waals surface area contributed by atoms with Crippen LogP contribution in [0, 0.1) is 5.82 Å². The second kappa shape index (κ2) is 7.41. The van der Waals surface area contributed by atoms with Gasteiger partial charge in [0, 0.05) is 23.9 Å². The molecule has 0 saturated heterocycles. The van der Waals surface area contributed by atoms with Crippen LogP contribution in [0.25, 0.3) is 0 Å². The zero-order valence-electron chi connectivity index (χ0n) is 11.3. The van der Waals surface area contributed by atoms with Crippen molar-refractivity contribution >= 4 is 11.7 Å². The third kappa shape index (κ3) is 4.28. The van der Waals surface area contributed by atoms with Gasteiger partial charge in [-0.15, -0.1) is 0 Å². The maximum atomic E-state index is 13.4. The zero-order valence-corrected chi connectivity index (χ0v) is 11.3. The third-order valence-corrected chi connectivity index (χ3v) is 2.63. The van der Waals surface area contributed by atoms with Crippen molar-refractivity contribution in [3.8, 4) is 5.75 Å². The lowest BCUT2D eigenvalue weighted by atomic mass is 10.2. The number of nitrogens with one attached hydrogen (secondary N) is 1.